The number of halogens is 2. The Hall–Kier alpha value is -3.27. The number of fused-ring (bicyclic) bond motifs is 1. The second kappa shape index (κ2) is 10.2. The van der Waals surface area contributed by atoms with Crippen LogP contribution in [0.4, 0.5) is 5.69 Å². The number of carbonyl (C=O) groups excluding carboxylic acids is 2. The molecule has 3 aromatic rings. The van der Waals surface area contributed by atoms with E-state index >= 15 is 0 Å². The molecule has 0 fully saturated rings. The zero-order valence-electron chi connectivity index (χ0n) is 16.8. The van der Waals surface area contributed by atoms with Crippen molar-refractivity contribution in [2.75, 3.05) is 18.9 Å². The molecule has 0 aliphatic carbocycles. The van der Waals surface area contributed by atoms with E-state index in [1.165, 1.54) is 11.0 Å². The SMILES string of the molecule is CN(CC(=O)Nc1ccc(Cl)c(Cl)c1)C(=O)/C=C/c1cn(CCC#N)c2ccccc12. The van der Waals surface area contributed by atoms with E-state index in [1.54, 1.807) is 31.3 Å². The Balaban J connectivity index is 1.66. The number of nitrogens with one attached hydrogen (secondary N) is 1. The fraction of sp³-hybridized carbons (Fsp3) is 0.174. The van der Waals surface area contributed by atoms with E-state index in [4.69, 9.17) is 28.5 Å². The summed E-state index contributed by atoms with van der Waals surface area (Å²) in [5.74, 6) is -0.658. The van der Waals surface area contributed by atoms with Crippen LogP contribution in [0.15, 0.2) is 54.7 Å². The van der Waals surface area contributed by atoms with Gasteiger partial charge in [0.1, 0.15) is 0 Å². The molecule has 8 heteroatoms. The maximum Gasteiger partial charge on any atom is 0.246 e. The Morgan fingerprint density at radius 1 is 1.19 bits per heavy atom. The van der Waals surface area contributed by atoms with Gasteiger partial charge in [0.25, 0.3) is 0 Å². The van der Waals surface area contributed by atoms with Crippen molar-refractivity contribution < 1.29 is 9.59 Å². The van der Waals surface area contributed by atoms with E-state index in [1.807, 2.05) is 35.0 Å². The van der Waals surface area contributed by atoms with Gasteiger partial charge in [0.2, 0.25) is 11.8 Å². The van der Waals surface area contributed by atoms with Gasteiger partial charge < -0.3 is 14.8 Å². The van der Waals surface area contributed by atoms with Crippen molar-refractivity contribution in [3.05, 3.63) is 70.3 Å². The van der Waals surface area contributed by atoms with E-state index in [0.717, 1.165) is 16.5 Å². The van der Waals surface area contributed by atoms with Crippen LogP contribution in [0.25, 0.3) is 17.0 Å². The Labute approximate surface area is 190 Å². The number of para-hydroxylation sites is 1. The summed E-state index contributed by atoms with van der Waals surface area (Å²) in [5.41, 5.74) is 2.37. The number of nitriles is 1. The number of carbonyl (C=O) groups is 2. The summed E-state index contributed by atoms with van der Waals surface area (Å²) in [7, 11) is 1.55. The number of benzene rings is 2. The van der Waals surface area contributed by atoms with Crippen LogP contribution in [-0.2, 0) is 16.1 Å². The molecule has 2 amide bonds. The molecule has 0 unspecified atom stereocenters. The van der Waals surface area contributed by atoms with E-state index < -0.39 is 0 Å². The summed E-state index contributed by atoms with van der Waals surface area (Å²) in [6.07, 6.45) is 5.48. The van der Waals surface area contributed by atoms with Crippen LogP contribution in [0.1, 0.15) is 12.0 Å². The smallest absolute Gasteiger partial charge is 0.246 e. The van der Waals surface area contributed by atoms with Gasteiger partial charge in [-0.25, -0.2) is 0 Å². The average Bonchev–Trinajstić information content (AvgIpc) is 3.10. The number of aromatic nitrogens is 1. The van der Waals surface area contributed by atoms with Gasteiger partial charge in [-0.2, -0.15) is 5.26 Å². The number of nitrogens with zero attached hydrogens (tertiary/aromatic N) is 3. The molecule has 0 aliphatic heterocycles. The molecule has 0 spiro atoms. The Morgan fingerprint density at radius 2 is 1.97 bits per heavy atom. The minimum absolute atomic E-state index is 0.118. The molecule has 2 aromatic carbocycles. The lowest BCUT2D eigenvalue weighted by Gasteiger charge is -2.15. The highest BCUT2D eigenvalue weighted by molar-refractivity contribution is 6.42. The molecule has 1 aromatic heterocycles. The first kappa shape index (κ1) is 22.4. The molecule has 0 aliphatic rings. The summed E-state index contributed by atoms with van der Waals surface area (Å²) in [6.45, 7) is 0.459. The number of anilines is 1. The molecule has 1 N–H and O–H groups in total. The minimum atomic E-state index is -0.351. The third kappa shape index (κ3) is 5.66. The topological polar surface area (TPSA) is 78.1 Å². The van der Waals surface area contributed by atoms with Crippen molar-refractivity contribution in [3.8, 4) is 6.07 Å². The molecule has 0 radical (unpaired) electrons. The predicted molar refractivity (Wildman–Crippen MR) is 124 cm³/mol. The summed E-state index contributed by atoms with van der Waals surface area (Å²) in [6, 6.07) is 14.7. The molecule has 6 nitrogen and oxygen atoms in total. The number of amides is 2. The standard InChI is InChI=1S/C23H20Cl2N4O2/c1-28(15-22(30)27-17-8-9-19(24)20(25)13-17)23(31)10-7-16-14-29(12-4-11-26)21-6-3-2-5-18(16)21/h2-3,5-10,13-14H,4,12,15H2,1H3,(H,27,30)/b10-7+. The van der Waals surface area contributed by atoms with Gasteiger partial charge in [0.15, 0.2) is 0 Å². The molecule has 0 saturated heterocycles. The van der Waals surface area contributed by atoms with Gasteiger partial charge in [-0.05, 0) is 30.3 Å². The highest BCUT2D eigenvalue weighted by atomic mass is 35.5. The van der Waals surface area contributed by atoms with Gasteiger partial charge in [-0.15, -0.1) is 0 Å². The summed E-state index contributed by atoms with van der Waals surface area (Å²) >= 11 is 11.8. The van der Waals surface area contributed by atoms with Gasteiger partial charge >= 0.3 is 0 Å². The van der Waals surface area contributed by atoms with Crippen LogP contribution < -0.4 is 5.32 Å². The van der Waals surface area contributed by atoms with Crippen molar-refractivity contribution in [3.63, 3.8) is 0 Å². The summed E-state index contributed by atoms with van der Waals surface area (Å²) < 4.78 is 2.00. The minimum Gasteiger partial charge on any atom is -0.346 e. The zero-order valence-corrected chi connectivity index (χ0v) is 18.3. The van der Waals surface area contributed by atoms with Crippen molar-refractivity contribution in [2.24, 2.45) is 0 Å². The number of rotatable bonds is 7. The first-order valence-corrected chi connectivity index (χ1v) is 10.3. The second-order valence-electron chi connectivity index (χ2n) is 6.91. The van der Waals surface area contributed by atoms with E-state index in [-0.39, 0.29) is 18.4 Å². The molecular formula is C23H20Cl2N4O2. The zero-order chi connectivity index (χ0) is 22.4. The Bertz CT molecular complexity index is 1190. The predicted octanol–water partition coefficient (Wildman–Crippen LogP) is 4.97. The number of hydrogen-bond acceptors (Lipinski definition) is 3. The van der Waals surface area contributed by atoms with E-state index in [0.29, 0.717) is 28.7 Å². The fourth-order valence-electron chi connectivity index (χ4n) is 3.12. The lowest BCUT2D eigenvalue weighted by Crippen LogP contribution is -2.33. The van der Waals surface area contributed by atoms with Crippen molar-refractivity contribution in [2.45, 2.75) is 13.0 Å². The van der Waals surface area contributed by atoms with Crippen LogP contribution >= 0.6 is 23.2 Å². The Kier molecular flexibility index (Phi) is 7.35. The van der Waals surface area contributed by atoms with Crippen LogP contribution in [0.2, 0.25) is 10.0 Å². The maximum absolute atomic E-state index is 12.5. The van der Waals surface area contributed by atoms with Crippen LogP contribution in [0.5, 0.6) is 0 Å². The molecule has 0 atom stereocenters. The first-order chi connectivity index (χ1) is 14.9. The summed E-state index contributed by atoms with van der Waals surface area (Å²) in [5, 5.41) is 13.3. The third-order valence-electron chi connectivity index (χ3n) is 4.65. The summed E-state index contributed by atoms with van der Waals surface area (Å²) in [4.78, 5) is 26.0. The van der Waals surface area contributed by atoms with Crippen LogP contribution in [0.3, 0.4) is 0 Å². The highest BCUT2D eigenvalue weighted by Crippen LogP contribution is 2.25. The van der Waals surface area contributed by atoms with E-state index in [9.17, 15) is 9.59 Å². The van der Waals surface area contributed by atoms with Crippen molar-refractivity contribution in [1.29, 1.82) is 5.26 Å². The molecule has 31 heavy (non-hydrogen) atoms. The lowest BCUT2D eigenvalue weighted by molar-refractivity contribution is -0.129. The first-order valence-electron chi connectivity index (χ1n) is 9.52. The van der Waals surface area contributed by atoms with Gasteiger partial charge in [-0.3, -0.25) is 9.59 Å². The quantitative estimate of drug-likeness (QED) is 0.511. The number of hydrogen-bond donors (Lipinski definition) is 1. The normalized spacial score (nSPS) is 10.9. The van der Waals surface area contributed by atoms with Gasteiger partial charge in [-0.1, -0.05) is 41.4 Å². The van der Waals surface area contributed by atoms with Gasteiger partial charge in [0.05, 0.1) is 29.1 Å². The number of likely N-dealkylation sites (N-methyl/N-ethyl adjacent to an activating group) is 1. The van der Waals surface area contributed by atoms with Crippen LogP contribution in [-0.4, -0.2) is 34.9 Å². The molecule has 1 heterocycles. The highest BCUT2D eigenvalue weighted by Gasteiger charge is 2.12. The molecular weight excluding hydrogens is 435 g/mol. The largest absolute Gasteiger partial charge is 0.346 e. The second-order valence-corrected chi connectivity index (χ2v) is 7.72. The lowest BCUT2D eigenvalue weighted by atomic mass is 10.1. The molecule has 0 bridgehead atoms. The Morgan fingerprint density at radius 3 is 2.71 bits per heavy atom. The van der Waals surface area contributed by atoms with Crippen molar-refractivity contribution in [1.82, 2.24) is 9.47 Å². The monoisotopic (exact) mass is 454 g/mol. The van der Waals surface area contributed by atoms with E-state index in [2.05, 4.69) is 11.4 Å². The molecule has 3 rings (SSSR count). The molecule has 0 saturated carbocycles. The maximum atomic E-state index is 12.5. The molecule has 158 valence electrons. The van der Waals surface area contributed by atoms with Crippen LogP contribution in [0, 0.1) is 11.3 Å². The van der Waals surface area contributed by atoms with Crippen molar-refractivity contribution >= 4 is 57.7 Å². The average molecular weight is 455 g/mol. The number of aryl methyl sites for hydroxylation is 1. The third-order valence-corrected chi connectivity index (χ3v) is 5.39. The fourth-order valence-corrected chi connectivity index (χ4v) is 3.42. The van der Waals surface area contributed by atoms with Gasteiger partial charge in [0, 0.05) is 48.0 Å².